The van der Waals surface area contributed by atoms with Crippen LogP contribution in [-0.2, 0) is 4.79 Å². The maximum Gasteiger partial charge on any atom is 0.224 e. The molecule has 3 rings (SSSR count). The predicted molar refractivity (Wildman–Crippen MR) is 108 cm³/mol. The maximum atomic E-state index is 11.6. The normalized spacial score (nSPS) is 16.8. The Morgan fingerprint density at radius 2 is 2.04 bits per heavy atom. The van der Waals surface area contributed by atoms with Crippen molar-refractivity contribution < 1.29 is 4.79 Å². The van der Waals surface area contributed by atoms with E-state index < -0.39 is 0 Å². The van der Waals surface area contributed by atoms with Crippen molar-refractivity contribution >= 4 is 39.5 Å². The number of nitrogens with one attached hydrogen (secondary N) is 1. The lowest BCUT2D eigenvalue weighted by Gasteiger charge is -2.32. The molecule has 0 bridgehead atoms. The second-order valence-electron chi connectivity index (χ2n) is 6.38. The molecule has 2 heterocycles. The highest BCUT2D eigenvalue weighted by Crippen LogP contribution is 2.36. The summed E-state index contributed by atoms with van der Waals surface area (Å²) >= 11 is 3.55. The fourth-order valence-electron chi connectivity index (χ4n) is 3.10. The minimum Gasteiger partial charge on any atom is -0.388 e. The van der Waals surface area contributed by atoms with E-state index in [0.717, 1.165) is 34.1 Å². The second-order valence-corrected chi connectivity index (χ2v) is 7.30. The molecule has 0 radical (unpaired) electrons. The summed E-state index contributed by atoms with van der Waals surface area (Å²) in [6.45, 7) is 0.658. The molecule has 136 valence electrons. The standard InChI is InChI=1S/C19H22BrN5O/c1-21-17-5-4-15(20)9-16(17)13-6-7-25(12-26)18(8-13)14-10-22-19(23-11-14)24(2)3/h4-5,8-12,18,21H,6-7H2,1-3H3. The molecule has 1 aromatic heterocycles. The first-order valence-electron chi connectivity index (χ1n) is 8.42. The van der Waals surface area contributed by atoms with Crippen molar-refractivity contribution in [1.29, 1.82) is 0 Å². The summed E-state index contributed by atoms with van der Waals surface area (Å²) in [5, 5.41) is 3.24. The van der Waals surface area contributed by atoms with E-state index in [-0.39, 0.29) is 6.04 Å². The zero-order chi connectivity index (χ0) is 18.7. The van der Waals surface area contributed by atoms with Gasteiger partial charge in [-0.05, 0) is 30.2 Å². The third-order valence-corrected chi connectivity index (χ3v) is 4.98. The van der Waals surface area contributed by atoms with Gasteiger partial charge in [0, 0.05) is 61.4 Å². The Kier molecular flexibility index (Phi) is 5.56. The summed E-state index contributed by atoms with van der Waals surface area (Å²) in [6.07, 6.45) is 7.43. The Balaban J connectivity index is 2.01. The van der Waals surface area contributed by atoms with Crippen molar-refractivity contribution in [3.8, 4) is 0 Å². The van der Waals surface area contributed by atoms with Crippen LogP contribution in [-0.4, -0.2) is 49.0 Å². The number of hydrogen-bond acceptors (Lipinski definition) is 5. The fourth-order valence-corrected chi connectivity index (χ4v) is 3.46. The number of carbonyl (C=O) groups excluding carboxylic acids is 1. The summed E-state index contributed by atoms with van der Waals surface area (Å²) in [4.78, 5) is 24.0. The number of hydrogen-bond donors (Lipinski definition) is 1. The van der Waals surface area contributed by atoms with Crippen LogP contribution in [0, 0.1) is 0 Å². The van der Waals surface area contributed by atoms with Gasteiger partial charge in [0.15, 0.2) is 0 Å². The molecule has 1 aliphatic rings. The number of anilines is 2. The largest absolute Gasteiger partial charge is 0.388 e. The van der Waals surface area contributed by atoms with Crippen molar-refractivity contribution in [3.63, 3.8) is 0 Å². The van der Waals surface area contributed by atoms with Crippen molar-refractivity contribution in [2.75, 3.05) is 37.9 Å². The summed E-state index contributed by atoms with van der Waals surface area (Å²) in [5.41, 5.74) is 4.32. The average molecular weight is 416 g/mol. The van der Waals surface area contributed by atoms with Crippen molar-refractivity contribution in [1.82, 2.24) is 14.9 Å². The van der Waals surface area contributed by atoms with E-state index in [9.17, 15) is 4.79 Å². The van der Waals surface area contributed by atoms with Crippen molar-refractivity contribution in [2.24, 2.45) is 0 Å². The van der Waals surface area contributed by atoms with Crippen LogP contribution >= 0.6 is 15.9 Å². The Labute approximate surface area is 162 Å². The molecule has 26 heavy (non-hydrogen) atoms. The fraction of sp³-hybridized carbons (Fsp3) is 0.316. The molecular weight excluding hydrogens is 394 g/mol. The molecule has 1 aliphatic heterocycles. The highest BCUT2D eigenvalue weighted by molar-refractivity contribution is 9.10. The highest BCUT2D eigenvalue weighted by Gasteiger charge is 2.24. The van der Waals surface area contributed by atoms with Gasteiger partial charge in [0.2, 0.25) is 12.4 Å². The van der Waals surface area contributed by atoms with Gasteiger partial charge in [0.25, 0.3) is 0 Å². The lowest BCUT2D eigenvalue weighted by atomic mass is 9.92. The van der Waals surface area contributed by atoms with Crippen LogP contribution in [0.2, 0.25) is 0 Å². The summed E-state index contributed by atoms with van der Waals surface area (Å²) in [7, 11) is 5.72. The zero-order valence-corrected chi connectivity index (χ0v) is 16.7. The van der Waals surface area contributed by atoms with E-state index in [4.69, 9.17) is 0 Å². The molecule has 6 nitrogen and oxygen atoms in total. The quantitative estimate of drug-likeness (QED) is 0.758. The number of benzene rings is 1. The molecule has 0 saturated carbocycles. The number of nitrogens with zero attached hydrogens (tertiary/aromatic N) is 4. The Hall–Kier alpha value is -2.41. The minimum atomic E-state index is -0.170. The van der Waals surface area contributed by atoms with Gasteiger partial charge in [-0.25, -0.2) is 9.97 Å². The molecule has 1 N–H and O–H groups in total. The average Bonchev–Trinajstić information content (AvgIpc) is 2.67. The first-order chi connectivity index (χ1) is 12.5. The van der Waals surface area contributed by atoms with E-state index in [1.807, 2.05) is 32.1 Å². The van der Waals surface area contributed by atoms with Crippen LogP contribution in [0.4, 0.5) is 11.6 Å². The number of halogens is 1. The van der Waals surface area contributed by atoms with Gasteiger partial charge in [0.1, 0.15) is 0 Å². The molecule has 0 aliphatic carbocycles. The summed E-state index contributed by atoms with van der Waals surface area (Å²) in [6, 6.07) is 6.01. The van der Waals surface area contributed by atoms with Gasteiger partial charge in [-0.2, -0.15) is 0 Å². The molecule has 1 atom stereocenters. The topological polar surface area (TPSA) is 61.4 Å². The molecule has 1 unspecified atom stereocenters. The number of carbonyl (C=O) groups is 1. The Morgan fingerprint density at radius 3 is 2.65 bits per heavy atom. The molecule has 1 aromatic carbocycles. The Bertz CT molecular complexity index is 819. The van der Waals surface area contributed by atoms with Gasteiger partial charge in [0.05, 0.1) is 6.04 Å². The van der Waals surface area contributed by atoms with Crippen LogP contribution in [0.3, 0.4) is 0 Å². The van der Waals surface area contributed by atoms with Crippen LogP contribution in [0.1, 0.15) is 23.6 Å². The van der Waals surface area contributed by atoms with E-state index in [1.54, 1.807) is 17.3 Å². The van der Waals surface area contributed by atoms with Crippen LogP contribution in [0.15, 0.2) is 41.1 Å². The SMILES string of the molecule is CNc1ccc(Br)cc1C1=CC(c2cnc(N(C)C)nc2)N(C=O)CC1. The molecule has 0 fully saturated rings. The van der Waals surface area contributed by atoms with Gasteiger partial charge in [-0.15, -0.1) is 0 Å². The zero-order valence-electron chi connectivity index (χ0n) is 15.1. The summed E-state index contributed by atoms with van der Waals surface area (Å²) in [5.74, 6) is 0.649. The molecular formula is C19H22BrN5O. The van der Waals surface area contributed by atoms with Gasteiger partial charge in [-0.1, -0.05) is 22.0 Å². The van der Waals surface area contributed by atoms with Gasteiger partial charge < -0.3 is 15.1 Å². The maximum absolute atomic E-state index is 11.6. The first-order valence-corrected chi connectivity index (χ1v) is 9.21. The molecule has 0 saturated heterocycles. The molecule has 2 aromatic rings. The molecule has 1 amide bonds. The van der Waals surface area contributed by atoms with Crippen molar-refractivity contribution in [3.05, 3.63) is 52.3 Å². The number of aromatic nitrogens is 2. The van der Waals surface area contributed by atoms with Crippen molar-refractivity contribution in [2.45, 2.75) is 12.5 Å². The smallest absolute Gasteiger partial charge is 0.224 e. The Morgan fingerprint density at radius 1 is 1.31 bits per heavy atom. The minimum absolute atomic E-state index is 0.170. The van der Waals surface area contributed by atoms with E-state index in [1.165, 1.54) is 5.57 Å². The lowest BCUT2D eigenvalue weighted by Crippen LogP contribution is -2.31. The number of rotatable bonds is 5. The third kappa shape index (κ3) is 3.72. The van der Waals surface area contributed by atoms with E-state index in [0.29, 0.717) is 12.5 Å². The van der Waals surface area contributed by atoms with Crippen LogP contribution in [0.25, 0.3) is 5.57 Å². The van der Waals surface area contributed by atoms with Gasteiger partial charge >= 0.3 is 0 Å². The van der Waals surface area contributed by atoms with E-state index >= 15 is 0 Å². The van der Waals surface area contributed by atoms with Crippen LogP contribution < -0.4 is 10.2 Å². The lowest BCUT2D eigenvalue weighted by molar-refractivity contribution is -0.119. The molecule has 7 heteroatoms. The highest BCUT2D eigenvalue weighted by atomic mass is 79.9. The van der Waals surface area contributed by atoms with Crippen LogP contribution in [0.5, 0.6) is 0 Å². The molecule has 0 spiro atoms. The first kappa shape index (κ1) is 18.4. The second kappa shape index (κ2) is 7.86. The van der Waals surface area contributed by atoms with E-state index in [2.05, 4.69) is 49.4 Å². The van der Waals surface area contributed by atoms with Gasteiger partial charge in [-0.3, -0.25) is 4.79 Å². The monoisotopic (exact) mass is 415 g/mol. The third-order valence-electron chi connectivity index (χ3n) is 4.49. The summed E-state index contributed by atoms with van der Waals surface area (Å²) < 4.78 is 1.03. The predicted octanol–water partition coefficient (Wildman–Crippen LogP) is 3.33. The number of amides is 1.